The highest BCUT2D eigenvalue weighted by Gasteiger charge is 2.29. The Kier molecular flexibility index (Phi) is 8.02. The van der Waals surface area contributed by atoms with Gasteiger partial charge in [-0.2, -0.15) is 0 Å². The van der Waals surface area contributed by atoms with Gasteiger partial charge in [0.05, 0.1) is 0 Å². The van der Waals surface area contributed by atoms with Gasteiger partial charge in [0, 0.05) is 0 Å². The highest BCUT2D eigenvalue weighted by Crippen LogP contribution is 2.42. The molecule has 0 amide bonds. The van der Waals surface area contributed by atoms with Gasteiger partial charge in [-0.25, -0.2) is 8.78 Å². The Morgan fingerprint density at radius 3 is 2.00 bits per heavy atom. The molecule has 2 heteroatoms. The fourth-order valence-electron chi connectivity index (χ4n) is 6.53. The first-order valence-electron chi connectivity index (χ1n) is 13.1. The third kappa shape index (κ3) is 5.80. The predicted molar refractivity (Wildman–Crippen MR) is 131 cm³/mol. The van der Waals surface area contributed by atoms with Crippen LogP contribution in [0, 0.1) is 35.3 Å². The lowest BCUT2D eigenvalue weighted by molar-refractivity contribution is 0.169. The van der Waals surface area contributed by atoms with Crippen molar-refractivity contribution in [1.29, 1.82) is 0 Å². The molecule has 0 nitrogen and oxygen atoms in total. The second-order valence-corrected chi connectivity index (χ2v) is 10.8. The zero-order valence-corrected chi connectivity index (χ0v) is 20.0. The predicted octanol–water partition coefficient (Wildman–Crippen LogP) is 9.54. The molecule has 0 radical (unpaired) electrons. The number of rotatable bonds is 7. The molecule has 2 saturated carbocycles. The second kappa shape index (κ2) is 10.9. The first-order valence-corrected chi connectivity index (χ1v) is 13.1. The van der Waals surface area contributed by atoms with E-state index < -0.39 is 11.6 Å². The summed E-state index contributed by atoms with van der Waals surface area (Å²) in [5.41, 5.74) is 3.08. The Hall–Kier alpha value is -1.70. The summed E-state index contributed by atoms with van der Waals surface area (Å²) >= 11 is 0. The van der Waals surface area contributed by atoms with E-state index in [9.17, 15) is 8.78 Å². The summed E-state index contributed by atoms with van der Waals surface area (Å²) in [6.07, 6.45) is 15.3. The molecule has 1 unspecified atom stereocenters. The topological polar surface area (TPSA) is 0 Å². The average Bonchev–Trinajstić information content (AvgIpc) is 2.82. The zero-order chi connectivity index (χ0) is 22.5. The fraction of sp³-hybridized carbons (Fsp3) is 0.600. The number of hydrogen-bond acceptors (Lipinski definition) is 0. The molecule has 0 aromatic heterocycles. The van der Waals surface area contributed by atoms with E-state index in [1.807, 2.05) is 0 Å². The van der Waals surface area contributed by atoms with Crippen LogP contribution in [0.5, 0.6) is 0 Å². The Labute approximate surface area is 193 Å². The van der Waals surface area contributed by atoms with Crippen molar-refractivity contribution < 1.29 is 8.78 Å². The maximum atomic E-state index is 13.6. The third-order valence-corrected chi connectivity index (χ3v) is 8.58. The van der Waals surface area contributed by atoms with Gasteiger partial charge in [0.2, 0.25) is 0 Å². The van der Waals surface area contributed by atoms with Gasteiger partial charge in [-0.05, 0) is 103 Å². The SMILES string of the molecule is CCCC1CCC(C(C)CC2CCC(c3ccc(-c4ccc(F)c(F)c4)cc3)CC2)CC1. The maximum Gasteiger partial charge on any atom is 0.159 e. The summed E-state index contributed by atoms with van der Waals surface area (Å²) in [4.78, 5) is 0. The molecule has 2 aromatic rings. The normalized spacial score (nSPS) is 27.2. The van der Waals surface area contributed by atoms with Crippen LogP contribution >= 0.6 is 0 Å². The summed E-state index contributed by atoms with van der Waals surface area (Å²) in [5, 5.41) is 0. The minimum atomic E-state index is -0.791. The van der Waals surface area contributed by atoms with Crippen LogP contribution in [0.4, 0.5) is 8.78 Å². The molecule has 1 atom stereocenters. The second-order valence-electron chi connectivity index (χ2n) is 10.8. The zero-order valence-electron chi connectivity index (χ0n) is 20.0. The van der Waals surface area contributed by atoms with Crippen molar-refractivity contribution >= 4 is 0 Å². The van der Waals surface area contributed by atoms with Crippen molar-refractivity contribution in [3.8, 4) is 11.1 Å². The van der Waals surface area contributed by atoms with E-state index in [-0.39, 0.29) is 0 Å². The molecule has 0 aliphatic heterocycles. The highest BCUT2D eigenvalue weighted by molar-refractivity contribution is 5.63. The van der Waals surface area contributed by atoms with Crippen molar-refractivity contribution in [2.75, 3.05) is 0 Å². The molecule has 0 N–H and O–H groups in total. The lowest BCUT2D eigenvalue weighted by atomic mass is 9.70. The maximum absolute atomic E-state index is 13.6. The molecule has 2 fully saturated rings. The number of benzene rings is 2. The van der Waals surface area contributed by atoms with Crippen LogP contribution in [-0.4, -0.2) is 0 Å². The summed E-state index contributed by atoms with van der Waals surface area (Å²) in [7, 11) is 0. The monoisotopic (exact) mass is 438 g/mol. The molecular formula is C30H40F2. The van der Waals surface area contributed by atoms with Crippen LogP contribution in [0.3, 0.4) is 0 Å². The molecule has 174 valence electrons. The van der Waals surface area contributed by atoms with Gasteiger partial charge in [-0.15, -0.1) is 0 Å². The molecule has 0 saturated heterocycles. The van der Waals surface area contributed by atoms with Gasteiger partial charge in [-0.1, -0.05) is 69.9 Å². The molecule has 32 heavy (non-hydrogen) atoms. The van der Waals surface area contributed by atoms with Crippen LogP contribution in [0.25, 0.3) is 11.1 Å². The van der Waals surface area contributed by atoms with Gasteiger partial charge in [0.1, 0.15) is 0 Å². The van der Waals surface area contributed by atoms with Gasteiger partial charge >= 0.3 is 0 Å². The lowest BCUT2D eigenvalue weighted by Crippen LogP contribution is -2.23. The van der Waals surface area contributed by atoms with Crippen molar-refractivity contribution in [3.63, 3.8) is 0 Å². The quantitative estimate of drug-likeness (QED) is 0.404. The van der Waals surface area contributed by atoms with Crippen LogP contribution in [0.2, 0.25) is 0 Å². The van der Waals surface area contributed by atoms with Gasteiger partial charge < -0.3 is 0 Å². The van der Waals surface area contributed by atoms with Gasteiger partial charge in [0.15, 0.2) is 11.6 Å². The minimum Gasteiger partial charge on any atom is -0.204 e. The number of halogens is 2. The van der Waals surface area contributed by atoms with Crippen LogP contribution in [-0.2, 0) is 0 Å². The summed E-state index contributed by atoms with van der Waals surface area (Å²) < 4.78 is 26.8. The summed E-state index contributed by atoms with van der Waals surface area (Å²) in [6.45, 7) is 4.85. The molecule has 2 aromatic carbocycles. The summed E-state index contributed by atoms with van der Waals surface area (Å²) in [5.74, 6) is 2.82. The highest BCUT2D eigenvalue weighted by atomic mass is 19.2. The smallest absolute Gasteiger partial charge is 0.159 e. The average molecular weight is 439 g/mol. The van der Waals surface area contributed by atoms with Crippen molar-refractivity contribution in [2.45, 2.75) is 90.4 Å². The van der Waals surface area contributed by atoms with E-state index in [1.165, 1.54) is 88.3 Å². The molecular weight excluding hydrogens is 398 g/mol. The fourth-order valence-corrected chi connectivity index (χ4v) is 6.53. The molecule has 2 aliphatic rings. The van der Waals surface area contributed by atoms with Crippen molar-refractivity contribution in [1.82, 2.24) is 0 Å². The first kappa shape index (κ1) is 23.5. The van der Waals surface area contributed by atoms with Crippen LogP contribution in [0.1, 0.15) is 96.0 Å². The van der Waals surface area contributed by atoms with Gasteiger partial charge in [0.25, 0.3) is 0 Å². The lowest BCUT2D eigenvalue weighted by Gasteiger charge is -2.36. The van der Waals surface area contributed by atoms with Crippen LogP contribution < -0.4 is 0 Å². The Morgan fingerprint density at radius 2 is 1.38 bits per heavy atom. The molecule has 0 heterocycles. The largest absolute Gasteiger partial charge is 0.204 e. The molecule has 4 rings (SSSR count). The van der Waals surface area contributed by atoms with Crippen LogP contribution in [0.15, 0.2) is 42.5 Å². The van der Waals surface area contributed by atoms with Gasteiger partial charge in [-0.3, -0.25) is 0 Å². The Bertz CT molecular complexity index is 840. The van der Waals surface area contributed by atoms with Crippen molar-refractivity contribution in [2.24, 2.45) is 23.7 Å². The van der Waals surface area contributed by atoms with E-state index >= 15 is 0 Å². The first-order chi connectivity index (χ1) is 15.5. The van der Waals surface area contributed by atoms with E-state index in [4.69, 9.17) is 0 Å². The third-order valence-electron chi connectivity index (χ3n) is 8.58. The minimum absolute atomic E-state index is 0.644. The van der Waals surface area contributed by atoms with E-state index in [0.717, 1.165) is 34.8 Å². The van der Waals surface area contributed by atoms with Crippen molar-refractivity contribution in [3.05, 3.63) is 59.7 Å². The van der Waals surface area contributed by atoms with E-state index in [0.29, 0.717) is 5.92 Å². The van der Waals surface area contributed by atoms with E-state index in [2.05, 4.69) is 38.1 Å². The molecule has 0 bridgehead atoms. The molecule has 2 aliphatic carbocycles. The number of hydrogen-bond donors (Lipinski definition) is 0. The van der Waals surface area contributed by atoms with E-state index in [1.54, 1.807) is 6.07 Å². The molecule has 0 spiro atoms. The standard InChI is InChI=1S/C30H40F2/c1-3-4-22-5-9-24(10-6-22)21(2)19-23-7-11-25(12-8-23)26-13-15-27(16-14-26)28-17-18-29(31)30(32)20-28/h13-18,20-25H,3-12,19H2,1-2H3. The Morgan fingerprint density at radius 1 is 0.750 bits per heavy atom. The summed E-state index contributed by atoms with van der Waals surface area (Å²) in [6, 6.07) is 12.6. The Balaban J connectivity index is 1.25.